The van der Waals surface area contributed by atoms with Crippen molar-refractivity contribution in [3.8, 4) is 0 Å². The van der Waals surface area contributed by atoms with Gasteiger partial charge in [0.1, 0.15) is 6.42 Å². The number of carbonyl (C=O) groups excluding carboxylic acids is 1. The molecular weight excluding hydrogens is 178 g/mol. The maximum Gasteiger partial charge on any atom is 0.311 e. The molecule has 0 aliphatic heterocycles. The number of carboxylic acids is 1. The van der Waals surface area contributed by atoms with Crippen LogP contribution < -0.4 is 5.32 Å². The summed E-state index contributed by atoms with van der Waals surface area (Å²) in [6.45, 7) is 3.16. The molecule has 0 aliphatic carbocycles. The zero-order chi connectivity index (χ0) is 10.3. The number of rotatable bonds is 5. The summed E-state index contributed by atoms with van der Waals surface area (Å²) in [4.78, 5) is 24.4. The highest BCUT2D eigenvalue weighted by Gasteiger charge is 2.05. The summed E-state index contributed by atoms with van der Waals surface area (Å²) < 4.78 is 0. The van der Waals surface area contributed by atoms with E-state index in [1.165, 1.54) is 0 Å². The highest BCUT2D eigenvalue weighted by atomic mass is 17.1. The third-order valence-corrected chi connectivity index (χ3v) is 1.00. The second-order valence-corrected chi connectivity index (χ2v) is 1.99. The van der Waals surface area contributed by atoms with Crippen LogP contribution in [0.5, 0.6) is 0 Å². The summed E-state index contributed by atoms with van der Waals surface area (Å²) in [6, 6.07) is 0. The van der Waals surface area contributed by atoms with E-state index in [2.05, 4.69) is 16.8 Å². The summed E-state index contributed by atoms with van der Waals surface area (Å²) in [7, 11) is 0. The van der Waals surface area contributed by atoms with E-state index in [1.54, 1.807) is 0 Å². The van der Waals surface area contributed by atoms with Crippen molar-refractivity contribution < 1.29 is 24.8 Å². The minimum absolute atomic E-state index is 0.275. The molecule has 13 heavy (non-hydrogen) atoms. The molecule has 0 aliphatic rings. The lowest BCUT2D eigenvalue weighted by Crippen LogP contribution is -2.15. The van der Waals surface area contributed by atoms with Gasteiger partial charge in [0.15, 0.2) is 5.76 Å². The van der Waals surface area contributed by atoms with Gasteiger partial charge in [0.25, 0.3) is 0 Å². The number of hydrogen-bond acceptors (Lipinski definition) is 4. The van der Waals surface area contributed by atoms with Crippen LogP contribution in [0.4, 0.5) is 0 Å². The van der Waals surface area contributed by atoms with Crippen LogP contribution in [0.1, 0.15) is 6.42 Å². The van der Waals surface area contributed by atoms with E-state index in [0.29, 0.717) is 0 Å². The van der Waals surface area contributed by atoms with E-state index in [0.717, 1.165) is 12.3 Å². The second-order valence-electron chi connectivity index (χ2n) is 1.99. The Labute approximate surface area is 74.1 Å². The Morgan fingerprint density at radius 1 is 1.54 bits per heavy atom. The van der Waals surface area contributed by atoms with Gasteiger partial charge in [-0.05, 0) is 6.08 Å². The van der Waals surface area contributed by atoms with E-state index >= 15 is 0 Å². The van der Waals surface area contributed by atoms with Crippen molar-refractivity contribution >= 4 is 11.9 Å². The fourth-order valence-corrected chi connectivity index (χ4v) is 0.469. The molecule has 0 saturated carbocycles. The lowest BCUT2D eigenvalue weighted by molar-refractivity contribution is -0.207. The van der Waals surface area contributed by atoms with Gasteiger partial charge in [-0.1, -0.05) is 6.58 Å². The number of amides is 1. The summed E-state index contributed by atoms with van der Waals surface area (Å²) in [5.41, 5.74) is 0. The van der Waals surface area contributed by atoms with Crippen LogP contribution in [0, 0.1) is 0 Å². The van der Waals surface area contributed by atoms with Crippen molar-refractivity contribution in [3.05, 3.63) is 24.6 Å². The minimum atomic E-state index is -1.19. The Morgan fingerprint density at radius 3 is 2.54 bits per heavy atom. The molecule has 0 radical (unpaired) electrons. The molecule has 6 nitrogen and oxygen atoms in total. The molecule has 0 rings (SSSR count). The average Bonchev–Trinajstić information content (AvgIpc) is 2.10. The lowest BCUT2D eigenvalue weighted by Gasteiger charge is -1.99. The Kier molecular flexibility index (Phi) is 4.97. The average molecular weight is 187 g/mol. The highest BCUT2D eigenvalue weighted by Crippen LogP contribution is 1.99. The predicted octanol–water partition coefficient (Wildman–Crippen LogP) is 0.0943. The Hall–Kier alpha value is -1.82. The predicted molar refractivity (Wildman–Crippen MR) is 42.4 cm³/mol. The van der Waals surface area contributed by atoms with Crippen LogP contribution in [0.3, 0.4) is 0 Å². The van der Waals surface area contributed by atoms with Gasteiger partial charge >= 0.3 is 5.97 Å². The van der Waals surface area contributed by atoms with Crippen LogP contribution >= 0.6 is 0 Å². The van der Waals surface area contributed by atoms with E-state index in [9.17, 15) is 9.59 Å². The molecule has 0 aromatic rings. The third kappa shape index (κ3) is 5.45. The summed E-state index contributed by atoms with van der Waals surface area (Å²) in [5.74, 6) is -1.99. The van der Waals surface area contributed by atoms with Crippen LogP contribution in [-0.2, 0) is 14.5 Å². The van der Waals surface area contributed by atoms with Gasteiger partial charge in [-0.15, -0.1) is 0 Å². The lowest BCUT2D eigenvalue weighted by atomic mass is 10.4. The van der Waals surface area contributed by atoms with Gasteiger partial charge < -0.3 is 15.3 Å². The van der Waals surface area contributed by atoms with Gasteiger partial charge in [-0.25, -0.2) is 5.26 Å². The van der Waals surface area contributed by atoms with Crippen molar-refractivity contribution in [1.82, 2.24) is 5.32 Å². The molecule has 0 fully saturated rings. The molecule has 0 saturated heterocycles. The molecule has 0 heterocycles. The first-order valence-electron chi connectivity index (χ1n) is 3.25. The molecule has 72 valence electrons. The fourth-order valence-electron chi connectivity index (χ4n) is 0.469. The molecular formula is C7H9NO5. The molecule has 1 amide bonds. The molecule has 0 spiro atoms. The highest BCUT2D eigenvalue weighted by molar-refractivity contribution is 5.87. The van der Waals surface area contributed by atoms with Gasteiger partial charge in [-0.3, -0.25) is 9.59 Å². The number of aliphatic carboxylic acids is 1. The van der Waals surface area contributed by atoms with Crippen LogP contribution in [0.15, 0.2) is 24.6 Å². The minimum Gasteiger partial charge on any atom is -0.481 e. The first-order valence-corrected chi connectivity index (χ1v) is 3.25. The number of hydrogen-bond donors (Lipinski definition) is 3. The second kappa shape index (κ2) is 5.78. The standard InChI is InChI=1S/C7H9NO5/c1-2-6(9)8-4-5(13-12)3-7(10)11/h2,4,12H,1,3H2,(H,8,9)(H,10,11). The van der Waals surface area contributed by atoms with Gasteiger partial charge in [0.2, 0.25) is 5.91 Å². The topological polar surface area (TPSA) is 95.9 Å². The SMILES string of the molecule is C=CC(=O)NC=C(CC(=O)O)OO. The van der Waals surface area contributed by atoms with Crippen LogP contribution in [-0.4, -0.2) is 22.2 Å². The van der Waals surface area contributed by atoms with Gasteiger partial charge in [0, 0.05) is 6.20 Å². The number of carbonyl (C=O) groups is 2. The zero-order valence-corrected chi connectivity index (χ0v) is 6.69. The van der Waals surface area contributed by atoms with E-state index < -0.39 is 18.3 Å². The smallest absolute Gasteiger partial charge is 0.311 e. The third-order valence-electron chi connectivity index (χ3n) is 1.00. The maximum atomic E-state index is 10.6. The molecule has 3 N–H and O–H groups in total. The quantitative estimate of drug-likeness (QED) is 0.245. The fraction of sp³-hybridized carbons (Fsp3) is 0.143. The molecule has 6 heteroatoms. The summed E-state index contributed by atoms with van der Waals surface area (Å²) >= 11 is 0. The van der Waals surface area contributed by atoms with Crippen LogP contribution in [0.2, 0.25) is 0 Å². The van der Waals surface area contributed by atoms with Crippen LogP contribution in [0.25, 0.3) is 0 Å². The van der Waals surface area contributed by atoms with Crippen molar-refractivity contribution in [1.29, 1.82) is 0 Å². The molecule has 0 aromatic heterocycles. The zero-order valence-electron chi connectivity index (χ0n) is 6.69. The maximum absolute atomic E-state index is 10.6. The molecule has 0 aromatic carbocycles. The Morgan fingerprint density at radius 2 is 2.15 bits per heavy atom. The van der Waals surface area contributed by atoms with Crippen molar-refractivity contribution in [2.75, 3.05) is 0 Å². The van der Waals surface area contributed by atoms with Gasteiger partial charge in [-0.2, -0.15) is 0 Å². The summed E-state index contributed by atoms with van der Waals surface area (Å²) in [6.07, 6.45) is 1.41. The van der Waals surface area contributed by atoms with E-state index in [1.807, 2.05) is 0 Å². The number of nitrogens with one attached hydrogen (secondary N) is 1. The molecule has 0 bridgehead atoms. The van der Waals surface area contributed by atoms with Crippen molar-refractivity contribution in [2.45, 2.75) is 6.42 Å². The first-order chi connectivity index (χ1) is 6.10. The largest absolute Gasteiger partial charge is 0.481 e. The normalized spacial score (nSPS) is 10.4. The summed E-state index contributed by atoms with van der Waals surface area (Å²) in [5, 5.41) is 18.5. The number of carboxylic acid groups (broad SMARTS) is 1. The Balaban J connectivity index is 4.14. The molecule has 0 atom stereocenters. The van der Waals surface area contributed by atoms with Gasteiger partial charge in [0.05, 0.1) is 0 Å². The monoisotopic (exact) mass is 187 g/mol. The Bertz CT molecular complexity index is 245. The molecule has 0 unspecified atom stereocenters. The van der Waals surface area contributed by atoms with E-state index in [4.69, 9.17) is 10.4 Å². The van der Waals surface area contributed by atoms with Crippen molar-refractivity contribution in [2.24, 2.45) is 0 Å². The van der Waals surface area contributed by atoms with E-state index in [-0.39, 0.29) is 5.76 Å². The first kappa shape index (κ1) is 11.2. The van der Waals surface area contributed by atoms with Crippen molar-refractivity contribution in [3.63, 3.8) is 0 Å².